The molecule has 0 saturated heterocycles. The Hall–Kier alpha value is -2.50. The fraction of sp³-hybridized carbons (Fsp3) is 0. The first kappa shape index (κ1) is 8.78. The van der Waals surface area contributed by atoms with Gasteiger partial charge >= 0.3 is 0 Å². The summed E-state index contributed by atoms with van der Waals surface area (Å²) in [5, 5.41) is 16.6. The predicted octanol–water partition coefficient (Wildman–Crippen LogP) is 0.708. The standard InChI is InChI=1S/C10H7N5O/c16-10-7(4-5-11-14-10)6-2-1-3-8-9(6)13-15-12-8/h1-5H,(H,14,16)(H,12,13,15). The monoisotopic (exact) mass is 213 g/mol. The third kappa shape index (κ3) is 1.20. The van der Waals surface area contributed by atoms with Gasteiger partial charge in [0.05, 0.1) is 5.56 Å². The predicted molar refractivity (Wildman–Crippen MR) is 57.7 cm³/mol. The van der Waals surface area contributed by atoms with Crippen molar-refractivity contribution in [2.24, 2.45) is 0 Å². The molecule has 0 saturated carbocycles. The van der Waals surface area contributed by atoms with Gasteiger partial charge in [-0.1, -0.05) is 12.1 Å². The molecular weight excluding hydrogens is 206 g/mol. The molecule has 0 aliphatic rings. The Morgan fingerprint density at radius 2 is 2.00 bits per heavy atom. The molecule has 6 heteroatoms. The Bertz CT molecular complexity index is 699. The molecule has 0 amide bonds. The van der Waals surface area contributed by atoms with E-state index in [-0.39, 0.29) is 5.56 Å². The molecule has 6 nitrogen and oxygen atoms in total. The Morgan fingerprint density at radius 3 is 2.88 bits per heavy atom. The highest BCUT2D eigenvalue weighted by Crippen LogP contribution is 2.22. The average molecular weight is 213 g/mol. The van der Waals surface area contributed by atoms with E-state index in [9.17, 15) is 4.79 Å². The second-order valence-electron chi connectivity index (χ2n) is 3.30. The van der Waals surface area contributed by atoms with Crippen molar-refractivity contribution in [3.63, 3.8) is 0 Å². The van der Waals surface area contributed by atoms with Crippen LogP contribution in [0.1, 0.15) is 0 Å². The van der Waals surface area contributed by atoms with Crippen LogP contribution in [0.25, 0.3) is 22.2 Å². The van der Waals surface area contributed by atoms with Crippen LogP contribution in [-0.4, -0.2) is 25.6 Å². The third-order valence-electron chi connectivity index (χ3n) is 2.36. The van der Waals surface area contributed by atoms with Crippen LogP contribution in [0.2, 0.25) is 0 Å². The zero-order chi connectivity index (χ0) is 11.0. The molecule has 0 aliphatic heterocycles. The Balaban J connectivity index is 2.39. The molecule has 0 atom stereocenters. The van der Waals surface area contributed by atoms with Crippen LogP contribution in [0, 0.1) is 0 Å². The van der Waals surface area contributed by atoms with E-state index in [0.717, 1.165) is 11.1 Å². The number of aromatic nitrogens is 5. The lowest BCUT2D eigenvalue weighted by atomic mass is 10.1. The molecule has 2 heterocycles. The van der Waals surface area contributed by atoms with Gasteiger partial charge in [-0.05, 0) is 12.1 Å². The lowest BCUT2D eigenvalue weighted by molar-refractivity contribution is 0.959. The summed E-state index contributed by atoms with van der Waals surface area (Å²) in [5.41, 5.74) is 2.45. The maximum absolute atomic E-state index is 11.6. The fourth-order valence-corrected chi connectivity index (χ4v) is 1.64. The molecule has 16 heavy (non-hydrogen) atoms. The second-order valence-corrected chi connectivity index (χ2v) is 3.30. The van der Waals surface area contributed by atoms with Crippen LogP contribution in [0.5, 0.6) is 0 Å². The summed E-state index contributed by atoms with van der Waals surface area (Å²) in [5.74, 6) is 0. The van der Waals surface area contributed by atoms with Crippen molar-refractivity contribution in [3.8, 4) is 11.1 Å². The van der Waals surface area contributed by atoms with Crippen molar-refractivity contribution in [2.75, 3.05) is 0 Å². The van der Waals surface area contributed by atoms with E-state index in [4.69, 9.17) is 0 Å². The summed E-state index contributed by atoms with van der Waals surface area (Å²) in [4.78, 5) is 11.6. The zero-order valence-corrected chi connectivity index (χ0v) is 8.14. The minimum Gasteiger partial charge on any atom is -0.267 e. The number of para-hydroxylation sites is 1. The van der Waals surface area contributed by atoms with Gasteiger partial charge in [0, 0.05) is 11.8 Å². The highest BCUT2D eigenvalue weighted by molar-refractivity contribution is 5.90. The second kappa shape index (κ2) is 3.27. The molecule has 0 bridgehead atoms. The van der Waals surface area contributed by atoms with Crippen molar-refractivity contribution >= 4 is 11.0 Å². The van der Waals surface area contributed by atoms with Crippen LogP contribution >= 0.6 is 0 Å². The van der Waals surface area contributed by atoms with Crippen LogP contribution < -0.4 is 5.56 Å². The number of rotatable bonds is 1. The van der Waals surface area contributed by atoms with Crippen LogP contribution in [0.3, 0.4) is 0 Å². The van der Waals surface area contributed by atoms with E-state index in [1.165, 1.54) is 6.20 Å². The minimum atomic E-state index is -0.238. The summed E-state index contributed by atoms with van der Waals surface area (Å²) in [6.07, 6.45) is 1.54. The summed E-state index contributed by atoms with van der Waals surface area (Å²) in [7, 11) is 0. The quantitative estimate of drug-likeness (QED) is 0.623. The number of hydrogen-bond donors (Lipinski definition) is 2. The molecule has 0 radical (unpaired) electrons. The molecule has 2 N–H and O–H groups in total. The van der Waals surface area contributed by atoms with E-state index in [1.807, 2.05) is 18.2 Å². The normalized spacial score (nSPS) is 10.8. The van der Waals surface area contributed by atoms with E-state index < -0.39 is 0 Å². The first-order valence-electron chi connectivity index (χ1n) is 4.70. The molecule has 2 aromatic heterocycles. The molecular formula is C10H7N5O. The Morgan fingerprint density at radius 1 is 1.06 bits per heavy atom. The number of aromatic amines is 2. The maximum Gasteiger partial charge on any atom is 0.272 e. The first-order valence-corrected chi connectivity index (χ1v) is 4.70. The van der Waals surface area contributed by atoms with Crippen LogP contribution in [0.4, 0.5) is 0 Å². The molecule has 3 rings (SSSR count). The van der Waals surface area contributed by atoms with Crippen LogP contribution in [-0.2, 0) is 0 Å². The summed E-state index contributed by atoms with van der Waals surface area (Å²) >= 11 is 0. The number of nitrogens with zero attached hydrogens (tertiary/aromatic N) is 3. The van der Waals surface area contributed by atoms with Crippen molar-refractivity contribution in [1.82, 2.24) is 25.6 Å². The van der Waals surface area contributed by atoms with Gasteiger partial charge in [-0.15, -0.1) is 0 Å². The lowest BCUT2D eigenvalue weighted by Crippen LogP contribution is -2.09. The smallest absolute Gasteiger partial charge is 0.267 e. The van der Waals surface area contributed by atoms with Crippen molar-refractivity contribution in [2.45, 2.75) is 0 Å². The Labute approximate surface area is 89.3 Å². The molecule has 0 spiro atoms. The zero-order valence-electron chi connectivity index (χ0n) is 8.14. The van der Waals surface area contributed by atoms with E-state index in [1.54, 1.807) is 6.07 Å². The highest BCUT2D eigenvalue weighted by atomic mass is 16.1. The van der Waals surface area contributed by atoms with Gasteiger partial charge in [0.25, 0.3) is 5.56 Å². The number of nitrogens with one attached hydrogen (secondary N) is 2. The molecule has 78 valence electrons. The maximum atomic E-state index is 11.6. The molecule has 3 aromatic rings. The fourth-order valence-electron chi connectivity index (χ4n) is 1.64. The summed E-state index contributed by atoms with van der Waals surface area (Å²) in [6, 6.07) is 7.15. The summed E-state index contributed by atoms with van der Waals surface area (Å²) < 4.78 is 0. The largest absolute Gasteiger partial charge is 0.272 e. The van der Waals surface area contributed by atoms with Gasteiger partial charge < -0.3 is 0 Å². The minimum absolute atomic E-state index is 0.238. The number of hydrogen-bond acceptors (Lipinski definition) is 4. The van der Waals surface area contributed by atoms with Gasteiger partial charge in [-0.3, -0.25) is 4.79 Å². The van der Waals surface area contributed by atoms with Crippen molar-refractivity contribution in [1.29, 1.82) is 0 Å². The SMILES string of the molecule is O=c1[nH]nccc1-c1cccc2n[nH]nc12. The Kier molecular flexibility index (Phi) is 1.79. The van der Waals surface area contributed by atoms with E-state index in [2.05, 4.69) is 25.6 Å². The van der Waals surface area contributed by atoms with Gasteiger partial charge in [0.15, 0.2) is 0 Å². The van der Waals surface area contributed by atoms with E-state index in [0.29, 0.717) is 11.1 Å². The molecule has 0 aliphatic carbocycles. The van der Waals surface area contributed by atoms with Gasteiger partial charge in [0.2, 0.25) is 0 Å². The third-order valence-corrected chi connectivity index (χ3v) is 2.36. The van der Waals surface area contributed by atoms with Crippen LogP contribution in [0.15, 0.2) is 35.3 Å². The number of H-pyrrole nitrogens is 2. The highest BCUT2D eigenvalue weighted by Gasteiger charge is 2.09. The topological polar surface area (TPSA) is 87.3 Å². The van der Waals surface area contributed by atoms with Gasteiger partial charge in [-0.25, -0.2) is 5.10 Å². The lowest BCUT2D eigenvalue weighted by Gasteiger charge is -1.99. The van der Waals surface area contributed by atoms with Crippen molar-refractivity contribution < 1.29 is 0 Å². The average Bonchev–Trinajstić information content (AvgIpc) is 2.77. The van der Waals surface area contributed by atoms with Crippen molar-refractivity contribution in [3.05, 3.63) is 40.8 Å². The number of fused-ring (bicyclic) bond motifs is 1. The number of benzene rings is 1. The first-order chi connectivity index (χ1) is 7.86. The van der Waals surface area contributed by atoms with Gasteiger partial charge in [0.1, 0.15) is 11.0 Å². The summed E-state index contributed by atoms with van der Waals surface area (Å²) in [6.45, 7) is 0. The molecule has 0 unspecified atom stereocenters. The van der Waals surface area contributed by atoms with E-state index >= 15 is 0 Å². The van der Waals surface area contributed by atoms with Gasteiger partial charge in [-0.2, -0.15) is 20.5 Å². The molecule has 1 aromatic carbocycles. The molecule has 0 fully saturated rings.